The first-order chi connectivity index (χ1) is 11.4. The number of nitrogens with one attached hydrogen (secondary N) is 1. The Kier molecular flexibility index (Phi) is 4.57. The molecule has 0 aliphatic carbocycles. The molecule has 3 rings (SSSR count). The lowest BCUT2D eigenvalue weighted by Crippen LogP contribution is -2.19. The quantitative estimate of drug-likeness (QED) is 0.731. The molecule has 0 spiro atoms. The molecule has 24 heavy (non-hydrogen) atoms. The highest BCUT2D eigenvalue weighted by atomic mass is 32.1. The van der Waals surface area contributed by atoms with Gasteiger partial charge in [0.05, 0.1) is 5.39 Å². The van der Waals surface area contributed by atoms with Crippen molar-refractivity contribution >= 4 is 27.4 Å². The molecule has 126 valence electrons. The van der Waals surface area contributed by atoms with Gasteiger partial charge in [-0.3, -0.25) is 0 Å². The summed E-state index contributed by atoms with van der Waals surface area (Å²) in [6.45, 7) is 1.22. The fourth-order valence-corrected chi connectivity index (χ4v) is 3.02. The number of hydrogen-bond donors (Lipinski definition) is 1. The Bertz CT molecular complexity index is 831. The van der Waals surface area contributed by atoms with Crippen LogP contribution < -0.4 is 10.1 Å². The van der Waals surface area contributed by atoms with E-state index in [0.717, 1.165) is 26.5 Å². The van der Waals surface area contributed by atoms with Crippen molar-refractivity contribution in [2.24, 2.45) is 0 Å². The third-order valence-corrected chi connectivity index (χ3v) is 4.20. The Hall–Kier alpha value is -2.35. The zero-order valence-electron chi connectivity index (χ0n) is 12.7. The SMILES string of the molecule is Cc1cc2c(NCc3ccc(OCC(F)(F)F)cc3)ncnc2s1. The van der Waals surface area contributed by atoms with E-state index >= 15 is 0 Å². The predicted octanol–water partition coefficient (Wildman–Crippen LogP) is 4.55. The number of aryl methyl sites for hydroxylation is 1. The number of alkyl halides is 3. The number of rotatable bonds is 5. The Morgan fingerprint density at radius 3 is 2.62 bits per heavy atom. The first kappa shape index (κ1) is 16.5. The second-order valence-electron chi connectivity index (χ2n) is 5.20. The maximum atomic E-state index is 12.1. The van der Waals surface area contributed by atoms with Gasteiger partial charge in [0.15, 0.2) is 6.61 Å². The van der Waals surface area contributed by atoms with E-state index < -0.39 is 12.8 Å². The van der Waals surface area contributed by atoms with Crippen LogP contribution in [0, 0.1) is 6.92 Å². The highest BCUT2D eigenvalue weighted by molar-refractivity contribution is 7.18. The zero-order chi connectivity index (χ0) is 17.2. The van der Waals surface area contributed by atoms with E-state index in [-0.39, 0.29) is 5.75 Å². The molecule has 0 amide bonds. The first-order valence-corrected chi connectivity index (χ1v) is 7.96. The Labute approximate surface area is 140 Å². The van der Waals surface area contributed by atoms with Gasteiger partial charge in [0.2, 0.25) is 0 Å². The summed E-state index contributed by atoms with van der Waals surface area (Å²) in [7, 11) is 0. The number of nitrogens with zero attached hydrogens (tertiary/aromatic N) is 2. The minimum Gasteiger partial charge on any atom is -0.484 e. The Balaban J connectivity index is 1.64. The van der Waals surface area contributed by atoms with Gasteiger partial charge in [-0.25, -0.2) is 9.97 Å². The standard InChI is InChI=1S/C16H14F3N3OS/c1-10-6-13-14(21-9-22-15(13)24-10)20-7-11-2-4-12(5-3-11)23-8-16(17,18)19/h2-6,9H,7-8H2,1H3,(H,20,21,22). The van der Waals surface area contributed by atoms with E-state index in [9.17, 15) is 13.2 Å². The van der Waals surface area contributed by atoms with E-state index in [4.69, 9.17) is 0 Å². The molecule has 2 heterocycles. The van der Waals surface area contributed by atoms with Crippen LogP contribution in [-0.4, -0.2) is 22.8 Å². The summed E-state index contributed by atoms with van der Waals surface area (Å²) in [5, 5.41) is 4.19. The summed E-state index contributed by atoms with van der Waals surface area (Å²) in [4.78, 5) is 10.5. The maximum Gasteiger partial charge on any atom is 0.422 e. The van der Waals surface area contributed by atoms with Crippen molar-refractivity contribution in [3.63, 3.8) is 0 Å². The second kappa shape index (κ2) is 6.64. The third-order valence-electron chi connectivity index (χ3n) is 3.24. The number of anilines is 1. The third kappa shape index (κ3) is 4.14. The van der Waals surface area contributed by atoms with Crippen molar-refractivity contribution in [2.75, 3.05) is 11.9 Å². The molecule has 1 aromatic carbocycles. The Morgan fingerprint density at radius 2 is 1.92 bits per heavy atom. The predicted molar refractivity (Wildman–Crippen MR) is 87.5 cm³/mol. The fraction of sp³-hybridized carbons (Fsp3) is 0.250. The topological polar surface area (TPSA) is 47.0 Å². The van der Waals surface area contributed by atoms with E-state index in [1.54, 1.807) is 23.5 Å². The van der Waals surface area contributed by atoms with Gasteiger partial charge in [-0.2, -0.15) is 13.2 Å². The monoisotopic (exact) mass is 353 g/mol. The molecule has 0 saturated heterocycles. The molecule has 8 heteroatoms. The van der Waals surface area contributed by atoms with Crippen LogP contribution >= 0.6 is 11.3 Å². The lowest BCUT2D eigenvalue weighted by atomic mass is 10.2. The summed E-state index contributed by atoms with van der Waals surface area (Å²) in [6, 6.07) is 8.50. The number of ether oxygens (including phenoxy) is 1. The van der Waals surface area contributed by atoms with Crippen LogP contribution in [0.25, 0.3) is 10.2 Å². The van der Waals surface area contributed by atoms with Crippen LogP contribution in [0.2, 0.25) is 0 Å². The Morgan fingerprint density at radius 1 is 1.17 bits per heavy atom. The van der Waals surface area contributed by atoms with Gasteiger partial charge in [0.25, 0.3) is 0 Å². The maximum absolute atomic E-state index is 12.1. The van der Waals surface area contributed by atoms with Crippen LogP contribution in [0.4, 0.5) is 19.0 Å². The molecule has 0 fully saturated rings. The normalized spacial score (nSPS) is 11.7. The molecule has 0 saturated carbocycles. The number of thiophene rings is 1. The van der Waals surface area contributed by atoms with Crippen molar-refractivity contribution < 1.29 is 17.9 Å². The molecule has 0 aliphatic heterocycles. The summed E-state index contributed by atoms with van der Waals surface area (Å²) in [5.74, 6) is 0.927. The molecule has 2 aromatic heterocycles. The second-order valence-corrected chi connectivity index (χ2v) is 6.43. The number of halogens is 3. The van der Waals surface area contributed by atoms with Crippen molar-refractivity contribution in [3.8, 4) is 5.75 Å². The molecule has 0 radical (unpaired) electrons. The molecule has 0 bridgehead atoms. The van der Waals surface area contributed by atoms with E-state index in [0.29, 0.717) is 6.54 Å². The summed E-state index contributed by atoms with van der Waals surface area (Å²) in [5.41, 5.74) is 0.910. The van der Waals surface area contributed by atoms with Crippen LogP contribution in [0.1, 0.15) is 10.4 Å². The highest BCUT2D eigenvalue weighted by Gasteiger charge is 2.28. The molecule has 0 atom stereocenters. The molecular weight excluding hydrogens is 339 g/mol. The molecular formula is C16H14F3N3OS. The van der Waals surface area contributed by atoms with Crippen LogP contribution in [-0.2, 0) is 6.54 Å². The van der Waals surface area contributed by atoms with Gasteiger partial charge in [0, 0.05) is 11.4 Å². The first-order valence-electron chi connectivity index (χ1n) is 7.14. The average molecular weight is 353 g/mol. The summed E-state index contributed by atoms with van der Waals surface area (Å²) < 4.78 is 41.0. The molecule has 0 unspecified atom stereocenters. The molecule has 3 aromatic rings. The molecule has 4 nitrogen and oxygen atoms in total. The number of aromatic nitrogens is 2. The van der Waals surface area contributed by atoms with Gasteiger partial charge in [0.1, 0.15) is 22.7 Å². The van der Waals surface area contributed by atoms with Gasteiger partial charge < -0.3 is 10.1 Å². The van der Waals surface area contributed by atoms with Crippen molar-refractivity contribution in [2.45, 2.75) is 19.6 Å². The molecule has 1 N–H and O–H groups in total. The van der Waals surface area contributed by atoms with Crippen molar-refractivity contribution in [1.29, 1.82) is 0 Å². The summed E-state index contributed by atoms with van der Waals surface area (Å²) >= 11 is 1.60. The highest BCUT2D eigenvalue weighted by Crippen LogP contribution is 2.27. The van der Waals surface area contributed by atoms with Crippen LogP contribution in [0.15, 0.2) is 36.7 Å². The lowest BCUT2D eigenvalue weighted by molar-refractivity contribution is -0.153. The number of hydrogen-bond acceptors (Lipinski definition) is 5. The summed E-state index contributed by atoms with van der Waals surface area (Å²) in [6.07, 6.45) is -2.83. The van der Waals surface area contributed by atoms with Gasteiger partial charge >= 0.3 is 6.18 Å². The van der Waals surface area contributed by atoms with Crippen molar-refractivity contribution in [1.82, 2.24) is 9.97 Å². The van der Waals surface area contributed by atoms with Gasteiger partial charge in [-0.05, 0) is 30.7 Å². The smallest absolute Gasteiger partial charge is 0.422 e. The van der Waals surface area contributed by atoms with Crippen molar-refractivity contribution in [3.05, 3.63) is 47.1 Å². The van der Waals surface area contributed by atoms with E-state index in [1.165, 1.54) is 18.5 Å². The minimum atomic E-state index is -4.34. The number of fused-ring (bicyclic) bond motifs is 1. The average Bonchev–Trinajstić information content (AvgIpc) is 2.92. The largest absolute Gasteiger partial charge is 0.484 e. The van der Waals surface area contributed by atoms with E-state index in [1.807, 2.05) is 13.0 Å². The van der Waals surface area contributed by atoms with Crippen LogP contribution in [0.3, 0.4) is 0 Å². The lowest BCUT2D eigenvalue weighted by Gasteiger charge is -2.10. The van der Waals surface area contributed by atoms with Gasteiger partial charge in [-0.15, -0.1) is 11.3 Å². The fourth-order valence-electron chi connectivity index (χ4n) is 2.17. The minimum absolute atomic E-state index is 0.189. The van der Waals surface area contributed by atoms with Gasteiger partial charge in [-0.1, -0.05) is 12.1 Å². The number of benzene rings is 1. The van der Waals surface area contributed by atoms with E-state index in [2.05, 4.69) is 20.0 Å². The van der Waals surface area contributed by atoms with Crippen LogP contribution in [0.5, 0.6) is 5.75 Å². The zero-order valence-corrected chi connectivity index (χ0v) is 13.5. The molecule has 0 aliphatic rings.